The number of hydrogen-bond acceptors (Lipinski definition) is 2. The lowest BCUT2D eigenvalue weighted by Gasteiger charge is -2.27. The minimum Gasteiger partial charge on any atom is -0.292 e. The van der Waals surface area contributed by atoms with Gasteiger partial charge >= 0.3 is 0 Å². The Morgan fingerprint density at radius 3 is 1.76 bits per heavy atom. The molecule has 3 aromatic rings. The molecule has 1 aromatic heterocycles. The molecule has 1 heterocycles. The first-order chi connectivity index (χ1) is 13.7. The van der Waals surface area contributed by atoms with Gasteiger partial charge in [0.05, 0.1) is 15.6 Å². The van der Waals surface area contributed by atoms with Crippen molar-refractivity contribution in [1.29, 1.82) is 0 Å². The highest BCUT2D eigenvalue weighted by molar-refractivity contribution is 6.38. The molecule has 0 radical (unpaired) electrons. The summed E-state index contributed by atoms with van der Waals surface area (Å²) in [7, 11) is 0. The zero-order valence-electron chi connectivity index (χ0n) is 15.5. The summed E-state index contributed by atoms with van der Waals surface area (Å²) >= 11 is 24.3. The van der Waals surface area contributed by atoms with E-state index in [1.165, 1.54) is 23.2 Å². The van der Waals surface area contributed by atoms with Crippen LogP contribution in [0.2, 0.25) is 20.1 Å². The fraction of sp³-hybridized carbons (Fsp3) is 0.143. The van der Waals surface area contributed by atoms with Crippen LogP contribution in [-0.4, -0.2) is 22.9 Å². The smallest absolute Gasteiger partial charge is 0.274 e. The molecule has 0 spiro atoms. The van der Waals surface area contributed by atoms with Crippen molar-refractivity contribution in [2.24, 2.45) is 0 Å². The van der Waals surface area contributed by atoms with Crippen LogP contribution < -0.4 is 5.01 Å². The number of carbonyl (C=O) groups is 2. The first-order valence-corrected chi connectivity index (χ1v) is 10.1. The molecule has 0 saturated heterocycles. The van der Waals surface area contributed by atoms with E-state index in [-0.39, 0.29) is 33.5 Å². The van der Waals surface area contributed by atoms with Crippen LogP contribution in [0.15, 0.2) is 48.5 Å². The van der Waals surface area contributed by atoms with Gasteiger partial charge in [0.1, 0.15) is 6.54 Å². The number of halogens is 4. The molecule has 8 heteroatoms. The van der Waals surface area contributed by atoms with Gasteiger partial charge in [-0.3, -0.25) is 14.3 Å². The second-order valence-corrected chi connectivity index (χ2v) is 8.15. The van der Waals surface area contributed by atoms with Crippen LogP contribution in [-0.2, 0) is 0 Å². The quantitative estimate of drug-likeness (QED) is 0.407. The Morgan fingerprint density at radius 2 is 1.28 bits per heavy atom. The second-order valence-electron chi connectivity index (χ2n) is 6.46. The molecule has 2 aromatic carbocycles. The van der Waals surface area contributed by atoms with Gasteiger partial charge in [0.15, 0.2) is 5.78 Å². The van der Waals surface area contributed by atoms with Gasteiger partial charge in [-0.15, -0.1) is 0 Å². The van der Waals surface area contributed by atoms with E-state index in [1.807, 2.05) is 26.0 Å². The second kappa shape index (κ2) is 8.80. The summed E-state index contributed by atoms with van der Waals surface area (Å²) in [5.74, 6) is -0.773. The maximum absolute atomic E-state index is 13.4. The topological polar surface area (TPSA) is 42.3 Å². The summed E-state index contributed by atoms with van der Waals surface area (Å²) in [5.41, 5.74) is 2.09. The molecule has 0 atom stereocenters. The molecule has 0 fully saturated rings. The number of hydrogen-bond donors (Lipinski definition) is 0. The summed E-state index contributed by atoms with van der Waals surface area (Å²) in [6.45, 7) is 3.45. The van der Waals surface area contributed by atoms with Crippen LogP contribution in [0.25, 0.3) is 0 Å². The summed E-state index contributed by atoms with van der Waals surface area (Å²) in [4.78, 5) is 26.3. The molecule has 150 valence electrons. The normalized spacial score (nSPS) is 10.8. The number of nitrogens with zero attached hydrogens (tertiary/aromatic N) is 2. The van der Waals surface area contributed by atoms with Crippen molar-refractivity contribution in [3.05, 3.63) is 91.1 Å². The number of aryl methyl sites for hydroxylation is 2. The molecule has 0 N–H and O–H groups in total. The lowest BCUT2D eigenvalue weighted by Crippen LogP contribution is -2.45. The van der Waals surface area contributed by atoms with E-state index >= 15 is 0 Å². The standard InChI is InChI=1S/C21H16Cl4N2O2/c1-12-3-4-13(2)27(12)26(21(29)17-8-6-15(23)10-19(17)25)11-20(28)16-7-5-14(22)9-18(16)24/h3-10H,11H2,1-2H3. The van der Waals surface area contributed by atoms with E-state index < -0.39 is 5.91 Å². The number of Topliss-reactive ketones (excluding diaryl/α,β-unsaturated/α-hetero) is 1. The molecular formula is C21H16Cl4N2O2. The molecule has 29 heavy (non-hydrogen) atoms. The number of rotatable bonds is 5. The third-order valence-electron chi connectivity index (χ3n) is 4.40. The molecule has 0 aliphatic rings. The minimum absolute atomic E-state index is 0.201. The van der Waals surface area contributed by atoms with Gasteiger partial charge in [-0.25, -0.2) is 5.01 Å². The summed E-state index contributed by atoms with van der Waals surface area (Å²) < 4.78 is 1.68. The molecule has 3 rings (SSSR count). The van der Waals surface area contributed by atoms with Gasteiger partial charge in [0.2, 0.25) is 0 Å². The summed E-state index contributed by atoms with van der Waals surface area (Å²) in [6, 6.07) is 12.9. The molecular weight excluding hydrogens is 454 g/mol. The fourth-order valence-corrected chi connectivity index (χ4v) is 4.02. The van der Waals surface area contributed by atoms with E-state index in [0.717, 1.165) is 11.4 Å². The van der Waals surface area contributed by atoms with Crippen LogP contribution in [0.3, 0.4) is 0 Å². The van der Waals surface area contributed by atoms with Gasteiger partial charge < -0.3 is 0 Å². The zero-order chi connectivity index (χ0) is 21.3. The Labute approximate surface area is 188 Å². The van der Waals surface area contributed by atoms with E-state index in [0.29, 0.717) is 10.0 Å². The van der Waals surface area contributed by atoms with Crippen molar-refractivity contribution >= 4 is 58.1 Å². The van der Waals surface area contributed by atoms with E-state index in [4.69, 9.17) is 46.4 Å². The van der Waals surface area contributed by atoms with Crippen molar-refractivity contribution < 1.29 is 9.59 Å². The average molecular weight is 470 g/mol. The molecule has 1 amide bonds. The van der Waals surface area contributed by atoms with Crippen molar-refractivity contribution in [2.45, 2.75) is 13.8 Å². The Morgan fingerprint density at radius 1 is 0.793 bits per heavy atom. The molecule has 0 aliphatic heterocycles. The summed E-state index contributed by atoms with van der Waals surface area (Å²) in [5, 5.41) is 2.60. The highest BCUT2D eigenvalue weighted by Crippen LogP contribution is 2.25. The Bertz CT molecular complexity index is 1090. The van der Waals surface area contributed by atoms with E-state index in [2.05, 4.69) is 0 Å². The lowest BCUT2D eigenvalue weighted by molar-refractivity contribution is 0.0908. The van der Waals surface area contributed by atoms with Crippen molar-refractivity contribution in [2.75, 3.05) is 11.6 Å². The van der Waals surface area contributed by atoms with Crippen LogP contribution in [0.1, 0.15) is 32.1 Å². The Balaban J connectivity index is 2.04. The van der Waals surface area contributed by atoms with Crippen molar-refractivity contribution in [3.63, 3.8) is 0 Å². The molecule has 0 bridgehead atoms. The molecule has 0 saturated carbocycles. The predicted octanol–water partition coefficient (Wildman–Crippen LogP) is 6.38. The highest BCUT2D eigenvalue weighted by Gasteiger charge is 2.26. The highest BCUT2D eigenvalue weighted by atomic mass is 35.5. The number of benzene rings is 2. The van der Waals surface area contributed by atoms with Gasteiger partial charge in [-0.1, -0.05) is 46.4 Å². The number of ketones is 1. The third-order valence-corrected chi connectivity index (χ3v) is 5.49. The van der Waals surface area contributed by atoms with Crippen molar-refractivity contribution in [1.82, 2.24) is 4.68 Å². The Hall–Kier alpha value is -1.98. The van der Waals surface area contributed by atoms with Gasteiger partial charge in [-0.2, -0.15) is 0 Å². The zero-order valence-corrected chi connectivity index (χ0v) is 18.6. The van der Waals surface area contributed by atoms with Gasteiger partial charge in [0.25, 0.3) is 5.91 Å². The number of carbonyl (C=O) groups excluding carboxylic acids is 2. The number of aromatic nitrogens is 1. The SMILES string of the molecule is Cc1ccc(C)n1N(CC(=O)c1ccc(Cl)cc1Cl)C(=O)c1ccc(Cl)cc1Cl. The predicted molar refractivity (Wildman–Crippen MR) is 119 cm³/mol. The molecule has 0 aliphatic carbocycles. The van der Waals surface area contributed by atoms with E-state index in [9.17, 15) is 9.59 Å². The van der Waals surface area contributed by atoms with Crippen LogP contribution in [0, 0.1) is 13.8 Å². The largest absolute Gasteiger partial charge is 0.292 e. The first-order valence-electron chi connectivity index (χ1n) is 8.59. The number of amides is 1. The van der Waals surface area contributed by atoms with Gasteiger partial charge in [0, 0.05) is 27.0 Å². The molecule has 4 nitrogen and oxygen atoms in total. The third kappa shape index (κ3) is 4.62. The lowest BCUT2D eigenvalue weighted by atomic mass is 10.1. The average Bonchev–Trinajstić information content (AvgIpc) is 2.97. The van der Waals surface area contributed by atoms with Crippen molar-refractivity contribution in [3.8, 4) is 0 Å². The van der Waals surface area contributed by atoms with Gasteiger partial charge in [-0.05, 0) is 62.4 Å². The summed E-state index contributed by atoms with van der Waals surface area (Å²) in [6.07, 6.45) is 0. The Kier molecular flexibility index (Phi) is 6.59. The van der Waals surface area contributed by atoms with Crippen LogP contribution >= 0.6 is 46.4 Å². The maximum Gasteiger partial charge on any atom is 0.274 e. The minimum atomic E-state index is -0.437. The van der Waals surface area contributed by atoms with Crippen LogP contribution in [0.4, 0.5) is 0 Å². The van der Waals surface area contributed by atoms with E-state index in [1.54, 1.807) is 22.9 Å². The monoisotopic (exact) mass is 468 g/mol. The van der Waals surface area contributed by atoms with Crippen LogP contribution in [0.5, 0.6) is 0 Å². The molecule has 0 unspecified atom stereocenters. The maximum atomic E-state index is 13.4. The first kappa shape index (κ1) is 21.7. The fourth-order valence-electron chi connectivity index (χ4n) is 3.01.